The molecule has 0 unspecified atom stereocenters. The fourth-order valence-electron chi connectivity index (χ4n) is 5.70. The minimum absolute atomic E-state index is 0.0318. The zero-order chi connectivity index (χ0) is 17.8. The molecule has 136 valence electrons. The lowest BCUT2D eigenvalue weighted by atomic mass is 9.55. The maximum Gasteiger partial charge on any atom is 0.380 e. The third-order valence-electron chi connectivity index (χ3n) is 6.77. The molecule has 2 saturated carbocycles. The van der Waals surface area contributed by atoms with Gasteiger partial charge in [-0.05, 0) is 79.5 Å². The first-order chi connectivity index (χ1) is 11.8. The van der Waals surface area contributed by atoms with Gasteiger partial charge in [0.25, 0.3) is 0 Å². The van der Waals surface area contributed by atoms with Gasteiger partial charge in [-0.3, -0.25) is 0 Å². The van der Waals surface area contributed by atoms with Crippen LogP contribution in [0, 0.1) is 17.3 Å². The average molecular weight is 364 g/mol. The molecule has 2 fully saturated rings. The molecule has 4 rings (SSSR count). The van der Waals surface area contributed by atoms with Crippen LogP contribution >= 0.6 is 0 Å². The molecular formula is C18H24N2O4S. The van der Waals surface area contributed by atoms with Crippen LogP contribution in [0.15, 0.2) is 23.4 Å². The van der Waals surface area contributed by atoms with E-state index in [2.05, 4.69) is 12.1 Å². The number of oxime groups is 1. The summed E-state index contributed by atoms with van der Waals surface area (Å²) in [5.41, 5.74) is 3.48. The molecule has 4 atom stereocenters. The molecule has 1 aromatic carbocycles. The van der Waals surface area contributed by atoms with Gasteiger partial charge in [-0.15, -0.1) is 0 Å². The standard InChI is InChI=1S/C18H24N2O4S/c1-18-9-8-14-13-5-3-12(24-25(19,22)23)10-11(13)2-4-15(14)16(18)6-7-17(18)20-21/h3,5,10,14-16,21H,2,4,6-9H2,1H3,(H2,19,22,23)/b20-17+/t14-,15-,16+,18+/m1/s1. The Hall–Kier alpha value is -1.60. The van der Waals surface area contributed by atoms with E-state index in [1.165, 1.54) is 11.1 Å². The number of hydrogen-bond acceptors (Lipinski definition) is 5. The highest BCUT2D eigenvalue weighted by atomic mass is 32.2. The van der Waals surface area contributed by atoms with Crippen LogP contribution in [-0.2, 0) is 16.7 Å². The first-order valence-corrected chi connectivity index (χ1v) is 10.4. The Morgan fingerprint density at radius 2 is 2.08 bits per heavy atom. The molecule has 3 aliphatic rings. The van der Waals surface area contributed by atoms with E-state index >= 15 is 0 Å². The second-order valence-corrected chi connectivity index (χ2v) is 9.05. The molecular weight excluding hydrogens is 340 g/mol. The topological polar surface area (TPSA) is 102 Å². The zero-order valence-corrected chi connectivity index (χ0v) is 15.1. The summed E-state index contributed by atoms with van der Waals surface area (Å²) in [7, 11) is -3.99. The minimum atomic E-state index is -3.99. The average Bonchev–Trinajstić information content (AvgIpc) is 2.89. The molecule has 1 aromatic rings. The van der Waals surface area contributed by atoms with Gasteiger partial charge in [-0.2, -0.15) is 13.6 Å². The van der Waals surface area contributed by atoms with Crippen molar-refractivity contribution in [3.05, 3.63) is 29.3 Å². The Labute approximate surface area is 148 Å². The second-order valence-electron chi connectivity index (χ2n) is 7.89. The minimum Gasteiger partial charge on any atom is -0.411 e. The number of nitrogens with two attached hydrogens (primary N) is 1. The fraction of sp³-hybridized carbons (Fsp3) is 0.611. The summed E-state index contributed by atoms with van der Waals surface area (Å²) in [5, 5.41) is 17.9. The second kappa shape index (κ2) is 5.71. The van der Waals surface area contributed by atoms with Crippen LogP contribution in [0.5, 0.6) is 5.75 Å². The summed E-state index contributed by atoms with van der Waals surface area (Å²) in [6.07, 6.45) is 6.09. The van der Waals surface area contributed by atoms with Crippen molar-refractivity contribution < 1.29 is 17.8 Å². The molecule has 7 heteroatoms. The molecule has 0 saturated heterocycles. The van der Waals surface area contributed by atoms with E-state index in [1.807, 2.05) is 12.1 Å². The van der Waals surface area contributed by atoms with Gasteiger partial charge < -0.3 is 9.39 Å². The lowest BCUT2D eigenvalue weighted by Crippen LogP contribution is -2.42. The van der Waals surface area contributed by atoms with E-state index in [1.54, 1.807) is 6.07 Å². The predicted octanol–water partition coefficient (Wildman–Crippen LogP) is 2.96. The monoisotopic (exact) mass is 364 g/mol. The molecule has 0 bridgehead atoms. The molecule has 0 aromatic heterocycles. The maximum absolute atomic E-state index is 11.1. The Morgan fingerprint density at radius 3 is 2.80 bits per heavy atom. The quantitative estimate of drug-likeness (QED) is 0.622. The third kappa shape index (κ3) is 2.73. The van der Waals surface area contributed by atoms with Crippen LogP contribution in [0.1, 0.15) is 56.1 Å². The summed E-state index contributed by atoms with van der Waals surface area (Å²) in [5.74, 6) is 1.93. The smallest absolute Gasteiger partial charge is 0.380 e. The van der Waals surface area contributed by atoms with Gasteiger partial charge in [0.05, 0.1) is 5.71 Å². The van der Waals surface area contributed by atoms with Crippen molar-refractivity contribution in [2.45, 2.75) is 51.4 Å². The van der Waals surface area contributed by atoms with Crippen LogP contribution < -0.4 is 9.32 Å². The van der Waals surface area contributed by atoms with Crippen molar-refractivity contribution in [2.24, 2.45) is 27.5 Å². The summed E-state index contributed by atoms with van der Waals surface area (Å²) >= 11 is 0. The first kappa shape index (κ1) is 16.8. The van der Waals surface area contributed by atoms with Crippen LogP contribution in [0.3, 0.4) is 0 Å². The molecule has 3 aliphatic carbocycles. The Morgan fingerprint density at radius 1 is 1.28 bits per heavy atom. The highest BCUT2D eigenvalue weighted by molar-refractivity contribution is 7.84. The lowest BCUT2D eigenvalue weighted by Gasteiger charge is -2.48. The maximum atomic E-state index is 11.1. The molecule has 0 radical (unpaired) electrons. The highest BCUT2D eigenvalue weighted by Crippen LogP contribution is 2.59. The SMILES string of the molecule is C[C@]12CC[C@@H]3c4ccc(OS(N)(=O)=O)cc4CC[C@H]3[C@@H]1CC/C2=N\O. The van der Waals surface area contributed by atoms with E-state index in [4.69, 9.17) is 9.32 Å². The summed E-state index contributed by atoms with van der Waals surface area (Å²) in [4.78, 5) is 0. The Kier molecular flexibility index (Phi) is 3.85. The van der Waals surface area contributed by atoms with Gasteiger partial charge in [0.2, 0.25) is 0 Å². The number of benzene rings is 1. The molecule has 25 heavy (non-hydrogen) atoms. The van der Waals surface area contributed by atoms with E-state index in [9.17, 15) is 13.6 Å². The van der Waals surface area contributed by atoms with Crippen molar-refractivity contribution >= 4 is 16.0 Å². The van der Waals surface area contributed by atoms with Crippen molar-refractivity contribution in [2.75, 3.05) is 0 Å². The number of hydrogen-bond donors (Lipinski definition) is 2. The van der Waals surface area contributed by atoms with Gasteiger partial charge in [-0.1, -0.05) is 18.1 Å². The van der Waals surface area contributed by atoms with Crippen LogP contribution in [0.2, 0.25) is 0 Å². The fourth-order valence-corrected chi connectivity index (χ4v) is 6.07. The van der Waals surface area contributed by atoms with Crippen LogP contribution in [-0.4, -0.2) is 19.3 Å². The van der Waals surface area contributed by atoms with Gasteiger partial charge >= 0.3 is 10.3 Å². The Balaban J connectivity index is 1.64. The van der Waals surface area contributed by atoms with Crippen molar-refractivity contribution in [3.8, 4) is 5.75 Å². The van der Waals surface area contributed by atoms with E-state index in [0.717, 1.165) is 44.2 Å². The Bertz CT molecular complexity index is 835. The van der Waals surface area contributed by atoms with E-state index < -0.39 is 10.3 Å². The molecule has 0 spiro atoms. The van der Waals surface area contributed by atoms with Crippen molar-refractivity contribution in [1.82, 2.24) is 0 Å². The predicted molar refractivity (Wildman–Crippen MR) is 94.0 cm³/mol. The summed E-state index contributed by atoms with van der Waals surface area (Å²) in [6, 6.07) is 5.53. The van der Waals surface area contributed by atoms with Gasteiger partial charge in [-0.25, -0.2) is 0 Å². The van der Waals surface area contributed by atoms with Crippen LogP contribution in [0.4, 0.5) is 0 Å². The van der Waals surface area contributed by atoms with Crippen molar-refractivity contribution in [1.29, 1.82) is 0 Å². The van der Waals surface area contributed by atoms with Gasteiger partial charge in [0, 0.05) is 5.41 Å². The zero-order valence-electron chi connectivity index (χ0n) is 14.3. The van der Waals surface area contributed by atoms with Crippen molar-refractivity contribution in [3.63, 3.8) is 0 Å². The van der Waals surface area contributed by atoms with Crippen LogP contribution in [0.25, 0.3) is 0 Å². The third-order valence-corrected chi connectivity index (χ3v) is 7.20. The molecule has 6 nitrogen and oxygen atoms in total. The van der Waals surface area contributed by atoms with E-state index in [0.29, 0.717) is 17.8 Å². The first-order valence-electron chi connectivity index (χ1n) is 8.88. The molecule has 0 heterocycles. The number of aryl methyl sites for hydroxylation is 1. The number of fused-ring (bicyclic) bond motifs is 5. The molecule has 3 N–H and O–H groups in total. The largest absolute Gasteiger partial charge is 0.411 e. The summed E-state index contributed by atoms with van der Waals surface area (Å²) in [6.45, 7) is 2.26. The lowest BCUT2D eigenvalue weighted by molar-refractivity contribution is 0.0938. The molecule has 0 aliphatic heterocycles. The normalized spacial score (nSPS) is 35.8. The number of nitrogens with zero attached hydrogens (tertiary/aromatic N) is 1. The van der Waals surface area contributed by atoms with E-state index in [-0.39, 0.29) is 11.2 Å². The van der Waals surface area contributed by atoms with Gasteiger partial charge in [0.15, 0.2) is 0 Å². The summed E-state index contributed by atoms with van der Waals surface area (Å²) < 4.78 is 27.1. The number of rotatable bonds is 2. The van der Waals surface area contributed by atoms with Gasteiger partial charge in [0.1, 0.15) is 5.75 Å². The molecule has 0 amide bonds. The highest BCUT2D eigenvalue weighted by Gasteiger charge is 2.53.